The van der Waals surface area contributed by atoms with Crippen molar-refractivity contribution in [1.82, 2.24) is 14.3 Å². The van der Waals surface area contributed by atoms with Crippen LogP contribution in [0.5, 0.6) is 5.88 Å². The standard InChI is InChI=1S/C17H21N5O5S/c1-26-14-3-2-13-15-12(8-19-16(13)20-14)10-27-17(23)22(15)9-11-4-6-21(7-5-11)28(18,24)25/h2-3,8,11H,4-7,9-10H2,1H3,(H2,18,24,25). The van der Waals surface area contributed by atoms with Gasteiger partial charge < -0.3 is 9.47 Å². The van der Waals surface area contributed by atoms with Gasteiger partial charge in [0, 0.05) is 42.8 Å². The number of hydrogen-bond donors (Lipinski definition) is 1. The molecule has 0 saturated carbocycles. The second-order valence-electron chi connectivity index (χ2n) is 6.91. The average Bonchev–Trinajstić information content (AvgIpc) is 2.69. The van der Waals surface area contributed by atoms with Gasteiger partial charge >= 0.3 is 6.09 Å². The van der Waals surface area contributed by atoms with Crippen LogP contribution in [0.4, 0.5) is 10.5 Å². The van der Waals surface area contributed by atoms with Gasteiger partial charge in [0.15, 0.2) is 5.65 Å². The molecule has 2 aliphatic heterocycles. The van der Waals surface area contributed by atoms with Crippen LogP contribution in [-0.2, 0) is 21.6 Å². The minimum absolute atomic E-state index is 0.130. The molecule has 2 N–H and O–H groups in total. The molecule has 1 amide bonds. The number of nitrogens with zero attached hydrogens (tertiary/aromatic N) is 4. The SMILES string of the molecule is COc1ccc2c3c(cnc2n1)COC(=O)N3CC1CCN(S(N)(=O)=O)CC1. The molecule has 0 spiro atoms. The fourth-order valence-corrected chi connectivity index (χ4v) is 4.42. The summed E-state index contributed by atoms with van der Waals surface area (Å²) in [4.78, 5) is 22.8. The molecule has 1 saturated heterocycles. The van der Waals surface area contributed by atoms with Gasteiger partial charge in [-0.2, -0.15) is 17.7 Å². The zero-order valence-corrected chi connectivity index (χ0v) is 16.2. The maximum absolute atomic E-state index is 12.5. The van der Waals surface area contributed by atoms with E-state index >= 15 is 0 Å². The zero-order chi connectivity index (χ0) is 19.9. The lowest BCUT2D eigenvalue weighted by Gasteiger charge is -2.35. The Morgan fingerprint density at radius 3 is 2.75 bits per heavy atom. The van der Waals surface area contributed by atoms with Crippen molar-refractivity contribution < 1.29 is 22.7 Å². The molecule has 1 fully saturated rings. The third-order valence-corrected chi connectivity index (χ3v) is 6.26. The fourth-order valence-electron chi connectivity index (χ4n) is 3.70. The molecule has 0 aromatic carbocycles. The van der Waals surface area contributed by atoms with Gasteiger partial charge in [-0.1, -0.05) is 0 Å². The van der Waals surface area contributed by atoms with Crippen molar-refractivity contribution in [3.8, 4) is 5.88 Å². The van der Waals surface area contributed by atoms with E-state index in [0.29, 0.717) is 44.0 Å². The Balaban J connectivity index is 1.62. The van der Waals surface area contributed by atoms with Crippen LogP contribution in [0.2, 0.25) is 0 Å². The Morgan fingerprint density at radius 2 is 2.07 bits per heavy atom. The van der Waals surface area contributed by atoms with Gasteiger partial charge in [-0.3, -0.25) is 4.90 Å². The fraction of sp³-hybridized carbons (Fsp3) is 0.471. The van der Waals surface area contributed by atoms with Crippen LogP contribution in [0, 0.1) is 5.92 Å². The predicted octanol–water partition coefficient (Wildman–Crippen LogP) is 1.01. The number of cyclic esters (lactones) is 1. The second-order valence-corrected chi connectivity index (χ2v) is 8.46. The molecule has 4 heterocycles. The molecule has 2 aromatic rings. The Hall–Kier alpha value is -2.50. The van der Waals surface area contributed by atoms with E-state index in [1.165, 1.54) is 11.4 Å². The topological polar surface area (TPSA) is 128 Å². The third-order valence-electron chi connectivity index (χ3n) is 5.18. The summed E-state index contributed by atoms with van der Waals surface area (Å²) in [6.45, 7) is 1.27. The normalized spacial score (nSPS) is 18.8. The number of piperidine rings is 1. The summed E-state index contributed by atoms with van der Waals surface area (Å²) in [5.74, 6) is 0.575. The number of amides is 1. The first-order valence-electron chi connectivity index (χ1n) is 8.91. The second kappa shape index (κ2) is 7.15. The van der Waals surface area contributed by atoms with Crippen LogP contribution in [0.25, 0.3) is 11.0 Å². The summed E-state index contributed by atoms with van der Waals surface area (Å²) < 4.78 is 34.7. The third kappa shape index (κ3) is 3.48. The first-order valence-corrected chi connectivity index (χ1v) is 10.4. The van der Waals surface area contributed by atoms with Crippen molar-refractivity contribution in [3.05, 3.63) is 23.9 Å². The molecule has 0 bridgehead atoms. The molecular weight excluding hydrogens is 386 g/mol. The van der Waals surface area contributed by atoms with Crippen molar-refractivity contribution in [1.29, 1.82) is 0 Å². The number of aromatic nitrogens is 2. The lowest BCUT2D eigenvalue weighted by atomic mass is 9.96. The summed E-state index contributed by atoms with van der Waals surface area (Å²) >= 11 is 0. The van der Waals surface area contributed by atoms with Crippen LogP contribution in [0.3, 0.4) is 0 Å². The molecule has 2 aromatic heterocycles. The van der Waals surface area contributed by atoms with Crippen LogP contribution in [0.15, 0.2) is 18.3 Å². The number of nitrogens with two attached hydrogens (primary N) is 1. The molecule has 0 unspecified atom stereocenters. The summed E-state index contributed by atoms with van der Waals surface area (Å²) in [7, 11) is -2.15. The van der Waals surface area contributed by atoms with Gasteiger partial charge in [0.2, 0.25) is 5.88 Å². The van der Waals surface area contributed by atoms with Gasteiger partial charge in [0.25, 0.3) is 10.2 Å². The van der Waals surface area contributed by atoms with Crippen molar-refractivity contribution in [2.24, 2.45) is 11.1 Å². The van der Waals surface area contributed by atoms with E-state index in [-0.39, 0.29) is 12.5 Å². The molecule has 10 nitrogen and oxygen atoms in total. The molecule has 2 aliphatic rings. The molecule has 28 heavy (non-hydrogen) atoms. The number of carbonyl (C=O) groups is 1. The highest BCUT2D eigenvalue weighted by Gasteiger charge is 2.33. The summed E-state index contributed by atoms with van der Waals surface area (Å²) in [5.41, 5.74) is 2.04. The number of fused-ring (bicyclic) bond motifs is 3. The predicted molar refractivity (Wildman–Crippen MR) is 101 cm³/mol. The molecule has 4 rings (SSSR count). The number of hydrogen-bond acceptors (Lipinski definition) is 7. The highest BCUT2D eigenvalue weighted by atomic mass is 32.2. The van der Waals surface area contributed by atoms with Crippen molar-refractivity contribution in [2.75, 3.05) is 31.6 Å². The first-order chi connectivity index (χ1) is 13.4. The van der Waals surface area contributed by atoms with Crippen LogP contribution in [-0.4, -0.2) is 55.5 Å². The Morgan fingerprint density at radius 1 is 1.32 bits per heavy atom. The number of methoxy groups -OCH3 is 1. The van der Waals surface area contributed by atoms with E-state index in [1.807, 2.05) is 6.07 Å². The summed E-state index contributed by atoms with van der Waals surface area (Å²) in [5, 5.41) is 5.95. The quantitative estimate of drug-likeness (QED) is 0.801. The summed E-state index contributed by atoms with van der Waals surface area (Å²) in [6.07, 6.45) is 2.47. The van der Waals surface area contributed by atoms with Crippen molar-refractivity contribution in [3.63, 3.8) is 0 Å². The minimum Gasteiger partial charge on any atom is -0.481 e. The van der Waals surface area contributed by atoms with E-state index in [4.69, 9.17) is 14.6 Å². The Bertz CT molecular complexity index is 1020. The molecule has 0 radical (unpaired) electrons. The number of ether oxygens (including phenoxy) is 2. The lowest BCUT2D eigenvalue weighted by Crippen LogP contribution is -2.46. The number of anilines is 1. The average molecular weight is 407 g/mol. The van der Waals surface area contributed by atoms with Crippen LogP contribution < -0.4 is 14.8 Å². The van der Waals surface area contributed by atoms with E-state index in [1.54, 1.807) is 17.2 Å². The van der Waals surface area contributed by atoms with Gasteiger partial charge in [-0.25, -0.2) is 14.9 Å². The van der Waals surface area contributed by atoms with Gasteiger partial charge in [0.1, 0.15) is 6.61 Å². The number of carbonyl (C=O) groups excluding carboxylic acids is 1. The highest BCUT2D eigenvalue weighted by molar-refractivity contribution is 7.86. The molecular formula is C17H21N5O5S. The molecule has 150 valence electrons. The van der Waals surface area contributed by atoms with Crippen molar-refractivity contribution >= 4 is 33.0 Å². The minimum atomic E-state index is -3.68. The van der Waals surface area contributed by atoms with Gasteiger partial charge in [-0.15, -0.1) is 0 Å². The largest absolute Gasteiger partial charge is 0.481 e. The maximum Gasteiger partial charge on any atom is 0.414 e. The zero-order valence-electron chi connectivity index (χ0n) is 15.4. The summed E-state index contributed by atoms with van der Waals surface area (Å²) in [6, 6.07) is 3.56. The van der Waals surface area contributed by atoms with E-state index in [9.17, 15) is 13.2 Å². The van der Waals surface area contributed by atoms with E-state index < -0.39 is 16.3 Å². The van der Waals surface area contributed by atoms with E-state index in [0.717, 1.165) is 16.6 Å². The van der Waals surface area contributed by atoms with Gasteiger partial charge in [0.05, 0.1) is 12.8 Å². The van der Waals surface area contributed by atoms with Crippen molar-refractivity contribution in [2.45, 2.75) is 19.4 Å². The van der Waals surface area contributed by atoms with Gasteiger partial charge in [-0.05, 0) is 24.8 Å². The maximum atomic E-state index is 12.5. The van der Waals surface area contributed by atoms with E-state index in [2.05, 4.69) is 9.97 Å². The Labute approximate surface area is 162 Å². The number of rotatable bonds is 4. The highest BCUT2D eigenvalue weighted by Crippen LogP contribution is 2.35. The monoisotopic (exact) mass is 407 g/mol. The van der Waals surface area contributed by atoms with Crippen LogP contribution >= 0.6 is 0 Å². The molecule has 11 heteroatoms. The number of pyridine rings is 2. The smallest absolute Gasteiger partial charge is 0.414 e. The lowest BCUT2D eigenvalue weighted by molar-refractivity contribution is 0.139. The van der Waals surface area contributed by atoms with Crippen LogP contribution in [0.1, 0.15) is 18.4 Å². The Kier molecular flexibility index (Phi) is 4.81. The molecule has 0 aliphatic carbocycles. The molecule has 0 atom stereocenters. The first kappa shape index (κ1) is 18.8.